The first-order valence-corrected chi connectivity index (χ1v) is 7.14. The molecule has 0 saturated carbocycles. The summed E-state index contributed by atoms with van der Waals surface area (Å²) in [4.78, 5) is 0. The van der Waals surface area contributed by atoms with Gasteiger partial charge in [-0.05, 0) is 36.8 Å². The zero-order chi connectivity index (χ0) is 11.4. The second kappa shape index (κ2) is 5.60. The van der Waals surface area contributed by atoms with E-state index >= 15 is 0 Å². The molecule has 1 heterocycles. The lowest BCUT2D eigenvalue weighted by Crippen LogP contribution is -2.12. The van der Waals surface area contributed by atoms with Crippen LogP contribution in [0, 0.1) is 0 Å². The highest BCUT2D eigenvalue weighted by Crippen LogP contribution is 2.34. The van der Waals surface area contributed by atoms with Crippen LogP contribution in [0.3, 0.4) is 0 Å². The summed E-state index contributed by atoms with van der Waals surface area (Å²) < 4.78 is 5.69. The van der Waals surface area contributed by atoms with Gasteiger partial charge in [-0.1, -0.05) is 18.2 Å². The minimum absolute atomic E-state index is 0.388. The fourth-order valence-electron chi connectivity index (χ4n) is 2.06. The maximum Gasteiger partial charge on any atom is 0.128 e. The van der Waals surface area contributed by atoms with Crippen LogP contribution in [0.2, 0.25) is 0 Å². The third-order valence-corrected chi connectivity index (χ3v) is 3.56. The van der Waals surface area contributed by atoms with E-state index in [2.05, 4.69) is 12.3 Å². The molecule has 0 aliphatic carbocycles. The molecular weight excluding hydrogens is 220 g/mol. The Morgan fingerprint density at radius 3 is 3.19 bits per heavy atom. The van der Waals surface area contributed by atoms with E-state index in [0.29, 0.717) is 0 Å². The number of aliphatic hydroxyl groups is 1. The first kappa shape index (κ1) is 11.8. The predicted octanol–water partition coefficient (Wildman–Crippen LogP) is 2.80. The van der Waals surface area contributed by atoms with Gasteiger partial charge in [-0.2, -0.15) is 11.8 Å². The van der Waals surface area contributed by atoms with Gasteiger partial charge in [-0.3, -0.25) is 0 Å². The van der Waals surface area contributed by atoms with E-state index in [4.69, 9.17) is 4.74 Å². The molecule has 1 aliphatic heterocycles. The number of hydrogen-bond donors (Lipinski definition) is 1. The molecule has 2 rings (SSSR count). The Bertz CT molecular complexity index is 352. The van der Waals surface area contributed by atoms with E-state index in [1.54, 1.807) is 11.8 Å². The fourth-order valence-corrected chi connectivity index (χ4v) is 2.52. The fraction of sp³-hybridized carbons (Fsp3) is 0.538. The maximum absolute atomic E-state index is 10.1. The molecule has 1 unspecified atom stereocenters. The zero-order valence-electron chi connectivity index (χ0n) is 9.61. The second-order valence-electron chi connectivity index (χ2n) is 4.08. The summed E-state index contributed by atoms with van der Waals surface area (Å²) in [6, 6.07) is 6.10. The molecule has 0 spiro atoms. The van der Waals surface area contributed by atoms with E-state index in [0.717, 1.165) is 42.9 Å². The standard InChI is InChI=1S/C13H18O2S/c1-16-9-7-12(14)11-6-2-4-10-5-3-8-15-13(10)11/h2,4,6,12,14H,3,5,7-9H2,1H3. The molecule has 2 nitrogen and oxygen atoms in total. The highest BCUT2D eigenvalue weighted by atomic mass is 32.2. The van der Waals surface area contributed by atoms with Gasteiger partial charge >= 0.3 is 0 Å². The molecule has 0 bridgehead atoms. The highest BCUT2D eigenvalue weighted by Gasteiger charge is 2.18. The van der Waals surface area contributed by atoms with Crippen molar-refractivity contribution >= 4 is 11.8 Å². The highest BCUT2D eigenvalue weighted by molar-refractivity contribution is 7.98. The van der Waals surface area contributed by atoms with Crippen LogP contribution in [-0.2, 0) is 6.42 Å². The number of aryl methyl sites for hydroxylation is 1. The first-order valence-electron chi connectivity index (χ1n) is 5.74. The Labute approximate surface area is 101 Å². The maximum atomic E-state index is 10.1. The Morgan fingerprint density at radius 2 is 2.38 bits per heavy atom. The molecule has 1 N–H and O–H groups in total. The Hall–Kier alpha value is -0.670. The number of para-hydroxylation sites is 1. The van der Waals surface area contributed by atoms with Crippen molar-refractivity contribution in [3.63, 3.8) is 0 Å². The molecule has 1 aliphatic rings. The average molecular weight is 238 g/mol. The SMILES string of the molecule is CSCCC(O)c1cccc2c1OCCC2. The number of thioether (sulfide) groups is 1. The number of fused-ring (bicyclic) bond motifs is 1. The predicted molar refractivity (Wildman–Crippen MR) is 68.2 cm³/mol. The van der Waals surface area contributed by atoms with Crippen LogP contribution >= 0.6 is 11.8 Å². The minimum atomic E-state index is -0.388. The van der Waals surface area contributed by atoms with E-state index in [-0.39, 0.29) is 6.10 Å². The molecule has 1 atom stereocenters. The van der Waals surface area contributed by atoms with E-state index in [1.165, 1.54) is 5.56 Å². The zero-order valence-corrected chi connectivity index (χ0v) is 10.4. The van der Waals surface area contributed by atoms with Crippen molar-refractivity contribution in [2.75, 3.05) is 18.6 Å². The van der Waals surface area contributed by atoms with Crippen LogP contribution in [-0.4, -0.2) is 23.7 Å². The van der Waals surface area contributed by atoms with Gasteiger partial charge in [0.1, 0.15) is 5.75 Å². The minimum Gasteiger partial charge on any atom is -0.493 e. The van der Waals surface area contributed by atoms with Gasteiger partial charge in [0, 0.05) is 5.56 Å². The van der Waals surface area contributed by atoms with Crippen molar-refractivity contribution in [3.8, 4) is 5.75 Å². The molecule has 3 heteroatoms. The summed E-state index contributed by atoms with van der Waals surface area (Å²) in [7, 11) is 0. The topological polar surface area (TPSA) is 29.5 Å². The molecule has 0 amide bonds. The average Bonchev–Trinajstić information content (AvgIpc) is 2.35. The molecule has 0 aromatic heterocycles. The quantitative estimate of drug-likeness (QED) is 0.874. The second-order valence-corrected chi connectivity index (χ2v) is 5.07. The number of benzene rings is 1. The van der Waals surface area contributed by atoms with Crippen molar-refractivity contribution in [2.45, 2.75) is 25.4 Å². The Kier molecular flexibility index (Phi) is 4.13. The molecule has 1 aromatic rings. The van der Waals surface area contributed by atoms with E-state index < -0.39 is 0 Å². The lowest BCUT2D eigenvalue weighted by atomic mass is 9.98. The monoisotopic (exact) mass is 238 g/mol. The van der Waals surface area contributed by atoms with Crippen LogP contribution < -0.4 is 4.74 Å². The van der Waals surface area contributed by atoms with Crippen molar-refractivity contribution < 1.29 is 9.84 Å². The molecule has 88 valence electrons. The Morgan fingerprint density at radius 1 is 1.50 bits per heavy atom. The van der Waals surface area contributed by atoms with Gasteiger partial charge in [0.2, 0.25) is 0 Å². The van der Waals surface area contributed by atoms with Crippen LogP contribution in [0.15, 0.2) is 18.2 Å². The van der Waals surface area contributed by atoms with Gasteiger partial charge in [-0.25, -0.2) is 0 Å². The van der Waals surface area contributed by atoms with Gasteiger partial charge in [0.05, 0.1) is 12.7 Å². The van der Waals surface area contributed by atoms with Crippen LogP contribution in [0.4, 0.5) is 0 Å². The lowest BCUT2D eigenvalue weighted by Gasteiger charge is -2.22. The van der Waals surface area contributed by atoms with Crippen molar-refractivity contribution in [1.29, 1.82) is 0 Å². The molecule has 0 radical (unpaired) electrons. The molecule has 1 aromatic carbocycles. The third-order valence-electron chi connectivity index (χ3n) is 2.92. The van der Waals surface area contributed by atoms with Crippen molar-refractivity contribution in [1.82, 2.24) is 0 Å². The molecular formula is C13H18O2S. The number of ether oxygens (including phenoxy) is 1. The largest absolute Gasteiger partial charge is 0.493 e. The van der Waals surface area contributed by atoms with E-state index in [1.807, 2.05) is 12.1 Å². The van der Waals surface area contributed by atoms with Crippen molar-refractivity contribution in [3.05, 3.63) is 29.3 Å². The number of rotatable bonds is 4. The van der Waals surface area contributed by atoms with Gasteiger partial charge in [-0.15, -0.1) is 0 Å². The summed E-state index contributed by atoms with van der Waals surface area (Å²) in [6.07, 6.45) is 4.61. The summed E-state index contributed by atoms with van der Waals surface area (Å²) in [5.74, 6) is 1.91. The summed E-state index contributed by atoms with van der Waals surface area (Å²) in [6.45, 7) is 0.777. The Balaban J connectivity index is 2.19. The normalized spacial score (nSPS) is 16.4. The van der Waals surface area contributed by atoms with Gasteiger partial charge < -0.3 is 9.84 Å². The number of aliphatic hydroxyl groups excluding tert-OH is 1. The molecule has 0 saturated heterocycles. The lowest BCUT2D eigenvalue weighted by molar-refractivity contribution is 0.166. The van der Waals surface area contributed by atoms with Crippen LogP contribution in [0.25, 0.3) is 0 Å². The van der Waals surface area contributed by atoms with Crippen LogP contribution in [0.5, 0.6) is 5.75 Å². The summed E-state index contributed by atoms with van der Waals surface area (Å²) >= 11 is 1.76. The third kappa shape index (κ3) is 2.53. The van der Waals surface area contributed by atoms with Gasteiger partial charge in [0.25, 0.3) is 0 Å². The van der Waals surface area contributed by atoms with Gasteiger partial charge in [0.15, 0.2) is 0 Å². The first-order chi connectivity index (χ1) is 7.83. The van der Waals surface area contributed by atoms with Crippen molar-refractivity contribution in [2.24, 2.45) is 0 Å². The number of hydrogen-bond acceptors (Lipinski definition) is 3. The molecule has 0 fully saturated rings. The summed E-state index contributed by atoms with van der Waals surface area (Å²) in [5.41, 5.74) is 2.21. The summed E-state index contributed by atoms with van der Waals surface area (Å²) in [5, 5.41) is 10.1. The smallest absolute Gasteiger partial charge is 0.128 e. The van der Waals surface area contributed by atoms with Crippen LogP contribution in [0.1, 0.15) is 30.1 Å². The molecule has 16 heavy (non-hydrogen) atoms. The van der Waals surface area contributed by atoms with E-state index in [9.17, 15) is 5.11 Å².